The number of sulfonamides is 1. The second kappa shape index (κ2) is 11.3. The standard InChI is InChI=1S/C25H27ClN2O4S/c1-3-32-24-14-13-21(15-18(24)2)33(30,31)28-23(16-19-9-5-4-6-10-19)25(29)27-17-20-11-7-8-12-22(20)26/h4-15,23,28H,3,16-17H2,1-2H3,(H,27,29). The van der Waals surface area contributed by atoms with E-state index in [1.165, 1.54) is 12.1 Å². The summed E-state index contributed by atoms with van der Waals surface area (Å²) in [5.41, 5.74) is 2.28. The molecule has 2 N–H and O–H groups in total. The minimum absolute atomic E-state index is 0.0698. The first-order valence-electron chi connectivity index (χ1n) is 10.6. The summed E-state index contributed by atoms with van der Waals surface area (Å²) in [7, 11) is -3.96. The van der Waals surface area contributed by atoms with Crippen LogP contribution in [0.4, 0.5) is 0 Å². The van der Waals surface area contributed by atoms with E-state index in [0.29, 0.717) is 22.9 Å². The summed E-state index contributed by atoms with van der Waals surface area (Å²) >= 11 is 6.18. The highest BCUT2D eigenvalue weighted by molar-refractivity contribution is 7.89. The molecule has 8 heteroatoms. The smallest absolute Gasteiger partial charge is 0.241 e. The van der Waals surface area contributed by atoms with E-state index in [4.69, 9.17) is 16.3 Å². The molecule has 0 heterocycles. The number of nitrogens with one attached hydrogen (secondary N) is 2. The first-order chi connectivity index (χ1) is 15.8. The van der Waals surface area contributed by atoms with Gasteiger partial charge >= 0.3 is 0 Å². The lowest BCUT2D eigenvalue weighted by atomic mass is 10.1. The zero-order valence-electron chi connectivity index (χ0n) is 18.5. The Morgan fingerprint density at radius 3 is 2.39 bits per heavy atom. The average molecular weight is 487 g/mol. The van der Waals surface area contributed by atoms with Crippen LogP contribution in [0.15, 0.2) is 77.7 Å². The van der Waals surface area contributed by atoms with Crippen molar-refractivity contribution in [1.29, 1.82) is 0 Å². The van der Waals surface area contributed by atoms with Gasteiger partial charge in [0.25, 0.3) is 0 Å². The van der Waals surface area contributed by atoms with Gasteiger partial charge in [0, 0.05) is 11.6 Å². The monoisotopic (exact) mass is 486 g/mol. The van der Waals surface area contributed by atoms with Gasteiger partial charge < -0.3 is 10.1 Å². The van der Waals surface area contributed by atoms with E-state index in [9.17, 15) is 13.2 Å². The van der Waals surface area contributed by atoms with E-state index < -0.39 is 22.0 Å². The molecule has 174 valence electrons. The van der Waals surface area contributed by atoms with Crippen molar-refractivity contribution in [3.05, 3.63) is 94.5 Å². The third-order valence-corrected chi connectivity index (χ3v) is 6.90. The van der Waals surface area contributed by atoms with Crippen LogP contribution in [-0.2, 0) is 27.8 Å². The van der Waals surface area contributed by atoms with Crippen molar-refractivity contribution in [3.8, 4) is 5.75 Å². The average Bonchev–Trinajstić information content (AvgIpc) is 2.80. The number of ether oxygens (including phenoxy) is 1. The van der Waals surface area contributed by atoms with Crippen LogP contribution < -0.4 is 14.8 Å². The number of hydrogen-bond acceptors (Lipinski definition) is 4. The maximum absolute atomic E-state index is 13.1. The summed E-state index contributed by atoms with van der Waals surface area (Å²) in [4.78, 5) is 13.1. The number of carbonyl (C=O) groups is 1. The minimum atomic E-state index is -3.96. The van der Waals surface area contributed by atoms with Gasteiger partial charge in [-0.2, -0.15) is 4.72 Å². The summed E-state index contributed by atoms with van der Waals surface area (Å²) in [5.74, 6) is 0.180. The number of halogens is 1. The van der Waals surface area contributed by atoms with Crippen LogP contribution in [0.1, 0.15) is 23.6 Å². The molecule has 0 saturated heterocycles. The lowest BCUT2D eigenvalue weighted by Crippen LogP contribution is -2.47. The van der Waals surface area contributed by atoms with Crippen LogP contribution in [-0.4, -0.2) is 27.0 Å². The van der Waals surface area contributed by atoms with Crippen molar-refractivity contribution in [2.24, 2.45) is 0 Å². The zero-order chi connectivity index (χ0) is 23.8. The summed E-state index contributed by atoms with van der Waals surface area (Å²) in [5, 5.41) is 3.33. The molecule has 0 saturated carbocycles. The molecule has 33 heavy (non-hydrogen) atoms. The summed E-state index contributed by atoms with van der Waals surface area (Å²) in [6, 6.07) is 20.1. The number of amides is 1. The van der Waals surface area contributed by atoms with Crippen LogP contribution in [0.3, 0.4) is 0 Å². The lowest BCUT2D eigenvalue weighted by molar-refractivity contribution is -0.122. The Morgan fingerprint density at radius 1 is 1.03 bits per heavy atom. The van der Waals surface area contributed by atoms with Crippen LogP contribution in [0.25, 0.3) is 0 Å². The fourth-order valence-corrected chi connectivity index (χ4v) is 4.83. The van der Waals surface area contributed by atoms with Crippen molar-refractivity contribution in [3.63, 3.8) is 0 Å². The molecule has 0 aliphatic carbocycles. The van der Waals surface area contributed by atoms with Crippen LogP contribution in [0.5, 0.6) is 5.75 Å². The minimum Gasteiger partial charge on any atom is -0.494 e. The van der Waals surface area contributed by atoms with Crippen LogP contribution >= 0.6 is 11.6 Å². The number of benzene rings is 3. The van der Waals surface area contributed by atoms with Gasteiger partial charge in [-0.3, -0.25) is 4.79 Å². The molecule has 0 radical (unpaired) electrons. The van der Waals surface area contributed by atoms with Crippen molar-refractivity contribution in [1.82, 2.24) is 10.0 Å². The summed E-state index contributed by atoms with van der Waals surface area (Å²) in [6.45, 7) is 4.31. The van der Waals surface area contributed by atoms with E-state index in [0.717, 1.165) is 11.1 Å². The SMILES string of the molecule is CCOc1ccc(S(=O)(=O)NC(Cc2ccccc2)C(=O)NCc2ccccc2Cl)cc1C. The maximum Gasteiger partial charge on any atom is 0.241 e. The Labute approximate surface area is 200 Å². The van der Waals surface area contributed by atoms with Crippen molar-refractivity contribution < 1.29 is 17.9 Å². The van der Waals surface area contributed by atoms with Gasteiger partial charge in [0.15, 0.2) is 0 Å². The van der Waals surface area contributed by atoms with Gasteiger partial charge in [0.1, 0.15) is 11.8 Å². The molecule has 3 rings (SSSR count). The fraction of sp³-hybridized carbons (Fsp3) is 0.240. The fourth-order valence-electron chi connectivity index (χ4n) is 3.35. The number of hydrogen-bond donors (Lipinski definition) is 2. The first-order valence-corrected chi connectivity index (χ1v) is 12.5. The highest BCUT2D eigenvalue weighted by Gasteiger charge is 2.26. The van der Waals surface area contributed by atoms with E-state index in [1.54, 1.807) is 25.1 Å². The quantitative estimate of drug-likeness (QED) is 0.448. The van der Waals surface area contributed by atoms with E-state index in [2.05, 4.69) is 10.0 Å². The molecule has 0 aromatic heterocycles. The molecular formula is C25H27ClN2O4S. The van der Waals surface area contributed by atoms with E-state index in [1.807, 2.05) is 49.4 Å². The van der Waals surface area contributed by atoms with E-state index >= 15 is 0 Å². The van der Waals surface area contributed by atoms with Crippen LogP contribution in [0.2, 0.25) is 5.02 Å². The number of aryl methyl sites for hydroxylation is 1. The van der Waals surface area contributed by atoms with Gasteiger partial charge in [-0.05, 0) is 61.2 Å². The van der Waals surface area contributed by atoms with Crippen LogP contribution in [0, 0.1) is 6.92 Å². The summed E-state index contributed by atoms with van der Waals surface area (Å²) < 4.78 is 34.3. The molecule has 0 spiro atoms. The predicted molar refractivity (Wildman–Crippen MR) is 130 cm³/mol. The van der Waals surface area contributed by atoms with Gasteiger partial charge in [0.2, 0.25) is 15.9 Å². The molecule has 0 fully saturated rings. The predicted octanol–water partition coefficient (Wildman–Crippen LogP) is 4.25. The molecule has 6 nitrogen and oxygen atoms in total. The topological polar surface area (TPSA) is 84.5 Å². The first kappa shape index (κ1) is 24.8. The Hall–Kier alpha value is -2.87. The molecule has 3 aromatic rings. The molecule has 1 unspecified atom stereocenters. The second-order valence-electron chi connectivity index (χ2n) is 7.53. The molecular weight excluding hydrogens is 460 g/mol. The number of rotatable bonds is 10. The van der Waals surface area contributed by atoms with E-state index in [-0.39, 0.29) is 17.9 Å². The van der Waals surface area contributed by atoms with Gasteiger partial charge in [-0.15, -0.1) is 0 Å². The van der Waals surface area contributed by atoms with Crippen molar-refractivity contribution in [2.45, 2.75) is 37.8 Å². The second-order valence-corrected chi connectivity index (χ2v) is 9.65. The van der Waals surface area contributed by atoms with Gasteiger partial charge in [-0.25, -0.2) is 8.42 Å². The zero-order valence-corrected chi connectivity index (χ0v) is 20.1. The molecule has 0 aliphatic rings. The van der Waals surface area contributed by atoms with Gasteiger partial charge in [0.05, 0.1) is 11.5 Å². The molecule has 0 bridgehead atoms. The summed E-state index contributed by atoms with van der Waals surface area (Å²) in [6.07, 6.45) is 0.199. The van der Waals surface area contributed by atoms with Gasteiger partial charge in [-0.1, -0.05) is 60.1 Å². The Balaban J connectivity index is 1.82. The van der Waals surface area contributed by atoms with Crippen molar-refractivity contribution >= 4 is 27.5 Å². The highest BCUT2D eigenvalue weighted by Crippen LogP contribution is 2.22. The Morgan fingerprint density at radius 2 is 1.73 bits per heavy atom. The largest absolute Gasteiger partial charge is 0.494 e. The molecule has 3 aromatic carbocycles. The molecule has 1 atom stereocenters. The third-order valence-electron chi connectivity index (χ3n) is 5.06. The van der Waals surface area contributed by atoms with Crippen molar-refractivity contribution in [2.75, 3.05) is 6.61 Å². The third kappa shape index (κ3) is 6.81. The highest BCUT2D eigenvalue weighted by atomic mass is 35.5. The normalized spacial score (nSPS) is 12.2. The lowest BCUT2D eigenvalue weighted by Gasteiger charge is -2.19. The molecule has 0 aliphatic heterocycles. The number of carbonyl (C=O) groups excluding carboxylic acids is 1. The Kier molecular flexibility index (Phi) is 8.49. The Bertz CT molecular complexity index is 1200. The maximum atomic E-state index is 13.1. The molecule has 1 amide bonds.